The Balaban J connectivity index is 1.49. The van der Waals surface area contributed by atoms with E-state index in [1.54, 1.807) is 6.07 Å². The smallest absolute Gasteiger partial charge is 0.233 e. The van der Waals surface area contributed by atoms with Gasteiger partial charge in [-0.05, 0) is 38.3 Å². The zero-order valence-corrected chi connectivity index (χ0v) is 13.7. The number of amides is 3. The first kappa shape index (κ1) is 16.4. The van der Waals surface area contributed by atoms with Gasteiger partial charge in [0.1, 0.15) is 5.82 Å². The number of imide groups is 1. The van der Waals surface area contributed by atoms with Crippen molar-refractivity contribution in [3.05, 3.63) is 36.0 Å². The Kier molecular flexibility index (Phi) is 4.74. The van der Waals surface area contributed by atoms with Gasteiger partial charge in [0.2, 0.25) is 17.7 Å². The third-order valence-corrected chi connectivity index (χ3v) is 4.54. The van der Waals surface area contributed by atoms with Crippen LogP contribution in [0.1, 0.15) is 31.4 Å². The topological polar surface area (TPSA) is 79.4 Å². The van der Waals surface area contributed by atoms with E-state index in [0.29, 0.717) is 31.6 Å². The van der Waals surface area contributed by atoms with Crippen LogP contribution in [0.25, 0.3) is 0 Å². The molecule has 0 saturated carbocycles. The standard InChI is InChI=1S/C18H21N3O3/c1-12-6-4-9-15(19-12)20-16(22)10-5-11-21-17(23)13-7-2-3-8-14(13)18(21)24/h2-4,6,9,13-14H,5,7-8,10-11H2,1H3,(H,19,20,22). The number of aromatic nitrogens is 1. The fourth-order valence-electron chi connectivity index (χ4n) is 3.31. The molecule has 3 rings (SSSR count). The number of pyridine rings is 1. The Morgan fingerprint density at radius 3 is 2.50 bits per heavy atom. The molecule has 1 fully saturated rings. The quantitative estimate of drug-likeness (QED) is 0.663. The molecule has 126 valence electrons. The normalized spacial score (nSPS) is 22.6. The van der Waals surface area contributed by atoms with Gasteiger partial charge in [-0.15, -0.1) is 0 Å². The van der Waals surface area contributed by atoms with Crippen LogP contribution >= 0.6 is 0 Å². The number of allylic oxidation sites excluding steroid dienone is 2. The highest BCUT2D eigenvalue weighted by Gasteiger charge is 2.46. The fraction of sp³-hybridized carbons (Fsp3) is 0.444. The molecule has 2 atom stereocenters. The summed E-state index contributed by atoms with van der Waals surface area (Å²) in [4.78, 5) is 42.1. The second kappa shape index (κ2) is 6.95. The summed E-state index contributed by atoms with van der Waals surface area (Å²) in [5.41, 5.74) is 0.831. The first-order valence-electron chi connectivity index (χ1n) is 8.30. The fourth-order valence-corrected chi connectivity index (χ4v) is 3.31. The van der Waals surface area contributed by atoms with Gasteiger partial charge in [0.15, 0.2) is 0 Å². The van der Waals surface area contributed by atoms with E-state index in [2.05, 4.69) is 10.3 Å². The zero-order valence-electron chi connectivity index (χ0n) is 13.7. The molecule has 2 aliphatic rings. The van der Waals surface area contributed by atoms with Crippen LogP contribution in [0, 0.1) is 18.8 Å². The molecule has 1 N–H and O–H groups in total. The summed E-state index contributed by atoms with van der Waals surface area (Å²) in [7, 11) is 0. The van der Waals surface area contributed by atoms with Crippen molar-refractivity contribution in [2.24, 2.45) is 11.8 Å². The van der Waals surface area contributed by atoms with Crippen molar-refractivity contribution in [2.45, 2.75) is 32.6 Å². The molecule has 3 amide bonds. The molecule has 1 aromatic rings. The number of nitrogens with zero attached hydrogens (tertiary/aromatic N) is 2. The molecule has 1 aliphatic carbocycles. The lowest BCUT2D eigenvalue weighted by Gasteiger charge is -2.14. The van der Waals surface area contributed by atoms with Crippen molar-refractivity contribution in [1.82, 2.24) is 9.88 Å². The molecule has 2 heterocycles. The predicted octanol–water partition coefficient (Wildman–Crippen LogP) is 2.06. The number of rotatable bonds is 5. The minimum absolute atomic E-state index is 0.0879. The highest BCUT2D eigenvalue weighted by atomic mass is 16.2. The Morgan fingerprint density at radius 1 is 1.21 bits per heavy atom. The molecular weight excluding hydrogens is 306 g/mol. The van der Waals surface area contributed by atoms with Gasteiger partial charge in [-0.25, -0.2) is 4.98 Å². The number of anilines is 1. The van der Waals surface area contributed by atoms with Crippen LogP contribution in [0.15, 0.2) is 30.4 Å². The van der Waals surface area contributed by atoms with E-state index in [0.717, 1.165) is 5.69 Å². The molecule has 1 saturated heterocycles. The highest BCUT2D eigenvalue weighted by Crippen LogP contribution is 2.35. The molecule has 1 aromatic heterocycles. The summed E-state index contributed by atoms with van der Waals surface area (Å²) in [6, 6.07) is 5.42. The largest absolute Gasteiger partial charge is 0.311 e. The lowest BCUT2D eigenvalue weighted by molar-refractivity contribution is -0.140. The minimum Gasteiger partial charge on any atom is -0.311 e. The van der Waals surface area contributed by atoms with Crippen LogP contribution in [0.5, 0.6) is 0 Å². The number of hydrogen-bond donors (Lipinski definition) is 1. The average Bonchev–Trinajstić information content (AvgIpc) is 2.80. The van der Waals surface area contributed by atoms with Crippen molar-refractivity contribution < 1.29 is 14.4 Å². The first-order valence-corrected chi connectivity index (χ1v) is 8.30. The average molecular weight is 327 g/mol. The van der Waals surface area contributed by atoms with Crippen molar-refractivity contribution >= 4 is 23.5 Å². The lowest BCUT2D eigenvalue weighted by atomic mass is 9.85. The summed E-state index contributed by atoms with van der Waals surface area (Å²) in [5, 5.41) is 2.73. The summed E-state index contributed by atoms with van der Waals surface area (Å²) < 4.78 is 0. The maximum atomic E-state index is 12.3. The number of carbonyl (C=O) groups excluding carboxylic acids is 3. The summed E-state index contributed by atoms with van der Waals surface area (Å²) in [6.07, 6.45) is 5.94. The molecule has 24 heavy (non-hydrogen) atoms. The third-order valence-electron chi connectivity index (χ3n) is 4.54. The van der Waals surface area contributed by atoms with Crippen LogP contribution in [-0.2, 0) is 14.4 Å². The number of aryl methyl sites for hydroxylation is 1. The molecule has 6 heteroatoms. The molecule has 0 aromatic carbocycles. The van der Waals surface area contributed by atoms with Crippen LogP contribution in [0.3, 0.4) is 0 Å². The Hall–Kier alpha value is -2.50. The van der Waals surface area contributed by atoms with Gasteiger partial charge in [-0.2, -0.15) is 0 Å². The SMILES string of the molecule is Cc1cccc(NC(=O)CCCN2C(=O)C3CC=CCC3C2=O)n1. The van der Waals surface area contributed by atoms with E-state index in [4.69, 9.17) is 0 Å². The van der Waals surface area contributed by atoms with Gasteiger partial charge in [-0.3, -0.25) is 19.3 Å². The van der Waals surface area contributed by atoms with Gasteiger partial charge in [0.25, 0.3) is 0 Å². The highest BCUT2D eigenvalue weighted by molar-refractivity contribution is 6.05. The van der Waals surface area contributed by atoms with Crippen molar-refractivity contribution in [2.75, 3.05) is 11.9 Å². The zero-order chi connectivity index (χ0) is 17.1. The maximum absolute atomic E-state index is 12.3. The van der Waals surface area contributed by atoms with Gasteiger partial charge >= 0.3 is 0 Å². The number of nitrogens with one attached hydrogen (secondary N) is 1. The van der Waals surface area contributed by atoms with Gasteiger partial charge in [0.05, 0.1) is 11.8 Å². The second-order valence-corrected chi connectivity index (χ2v) is 6.30. The van der Waals surface area contributed by atoms with Crippen LogP contribution in [0.2, 0.25) is 0 Å². The summed E-state index contributed by atoms with van der Waals surface area (Å²) in [5.74, 6) is -0.220. The van der Waals surface area contributed by atoms with Gasteiger partial charge in [0, 0.05) is 18.7 Å². The third kappa shape index (κ3) is 3.37. The number of fused-ring (bicyclic) bond motifs is 1. The summed E-state index contributed by atoms with van der Waals surface area (Å²) in [6.45, 7) is 2.16. The van der Waals surface area contributed by atoms with E-state index in [1.165, 1.54) is 4.90 Å². The monoisotopic (exact) mass is 327 g/mol. The van der Waals surface area contributed by atoms with E-state index in [1.807, 2.05) is 31.2 Å². The van der Waals surface area contributed by atoms with E-state index in [9.17, 15) is 14.4 Å². The van der Waals surface area contributed by atoms with Crippen LogP contribution in [0.4, 0.5) is 5.82 Å². The number of hydrogen-bond acceptors (Lipinski definition) is 4. The van der Waals surface area contributed by atoms with Crippen molar-refractivity contribution in [3.8, 4) is 0 Å². The first-order chi connectivity index (χ1) is 11.6. The molecule has 0 radical (unpaired) electrons. The van der Waals surface area contributed by atoms with Gasteiger partial charge < -0.3 is 5.32 Å². The van der Waals surface area contributed by atoms with Crippen LogP contribution < -0.4 is 5.32 Å². The van der Waals surface area contributed by atoms with Gasteiger partial charge in [-0.1, -0.05) is 18.2 Å². The van der Waals surface area contributed by atoms with Crippen molar-refractivity contribution in [3.63, 3.8) is 0 Å². The summed E-state index contributed by atoms with van der Waals surface area (Å²) >= 11 is 0. The number of carbonyl (C=O) groups is 3. The molecule has 1 aliphatic heterocycles. The van der Waals surface area contributed by atoms with Crippen molar-refractivity contribution in [1.29, 1.82) is 0 Å². The van der Waals surface area contributed by atoms with E-state index < -0.39 is 0 Å². The molecule has 0 spiro atoms. The molecular formula is C18H21N3O3. The molecule has 0 bridgehead atoms. The second-order valence-electron chi connectivity index (χ2n) is 6.30. The Labute approximate surface area is 140 Å². The van der Waals surface area contributed by atoms with Crippen LogP contribution in [-0.4, -0.2) is 34.2 Å². The maximum Gasteiger partial charge on any atom is 0.233 e. The number of likely N-dealkylation sites (tertiary alicyclic amines) is 1. The molecule has 6 nitrogen and oxygen atoms in total. The molecule has 2 unspecified atom stereocenters. The lowest BCUT2D eigenvalue weighted by Crippen LogP contribution is -2.32. The minimum atomic E-state index is -0.201. The Bertz CT molecular complexity index is 673. The Morgan fingerprint density at radius 2 is 1.88 bits per heavy atom. The predicted molar refractivity (Wildman–Crippen MR) is 88.9 cm³/mol. The van der Waals surface area contributed by atoms with E-state index >= 15 is 0 Å². The van der Waals surface area contributed by atoms with E-state index in [-0.39, 0.29) is 36.0 Å².